The minimum absolute atomic E-state index is 1.00. The molecule has 70 valence electrons. The molecule has 1 N–H and O–H groups in total. The molecule has 1 aliphatic rings. The van der Waals surface area contributed by atoms with E-state index in [9.17, 15) is 0 Å². The zero-order valence-electron chi connectivity index (χ0n) is 5.66. The zero-order chi connectivity index (χ0) is 8.98. The molecule has 1 saturated heterocycles. The molecule has 0 aromatic rings. The van der Waals surface area contributed by atoms with E-state index in [0.29, 0.717) is 0 Å². The Morgan fingerprint density at radius 3 is 1.36 bits per heavy atom. The van der Waals surface area contributed by atoms with Crippen LogP contribution in [-0.2, 0) is 15.2 Å². The number of hydrogen-bond acceptors (Lipinski definition) is 2. The van der Waals surface area contributed by atoms with E-state index < -0.39 is 10.5 Å². The van der Waals surface area contributed by atoms with Crippen molar-refractivity contribution in [2.45, 2.75) is 12.8 Å². The van der Waals surface area contributed by atoms with Crippen LogP contribution in [0.15, 0.2) is 0 Å². The van der Waals surface area contributed by atoms with Crippen LogP contribution in [0.25, 0.3) is 0 Å². The van der Waals surface area contributed by atoms with E-state index in [4.69, 9.17) is 46.3 Å². The fourth-order valence-corrected chi connectivity index (χ4v) is 0.510. The molecule has 0 aromatic carbocycles. The van der Waals surface area contributed by atoms with E-state index in [1.54, 1.807) is 0 Å². The first-order valence-electron chi connectivity index (χ1n) is 2.90. The average molecular weight is 325 g/mol. The Bertz CT molecular complexity index is 144. The van der Waals surface area contributed by atoms with Gasteiger partial charge in [-0.25, -0.2) is 0 Å². The molecule has 7 heteroatoms. The number of ether oxygens (including phenoxy) is 1. The second-order valence-electron chi connectivity index (χ2n) is 1.98. The van der Waals surface area contributed by atoms with Crippen molar-refractivity contribution >= 4 is 37.7 Å². The fourth-order valence-electron chi connectivity index (χ4n) is 0.510. The Labute approximate surface area is 82.3 Å². The van der Waals surface area contributed by atoms with Crippen molar-refractivity contribution in [2.24, 2.45) is 0 Å². The van der Waals surface area contributed by atoms with Crippen LogP contribution in [0.2, 0.25) is 0 Å². The van der Waals surface area contributed by atoms with Gasteiger partial charge in [-0.1, -0.05) is 0 Å². The quantitative estimate of drug-likeness (QED) is 0.675. The molecular weight excluding hydrogens is 316 g/mol. The molecular formula is C4H9Cl4MoNO. The number of hydrogen-bond donors (Lipinski definition) is 1. The van der Waals surface area contributed by atoms with Crippen molar-refractivity contribution in [1.82, 2.24) is 0 Å². The molecule has 1 fully saturated rings. The molecule has 0 atom stereocenters. The molecule has 2 nitrogen and oxygen atoms in total. The molecule has 1 rings (SSSR count). The van der Waals surface area contributed by atoms with E-state index >= 15 is 0 Å². The van der Waals surface area contributed by atoms with Gasteiger partial charge in [0, 0.05) is 13.2 Å². The summed E-state index contributed by atoms with van der Waals surface area (Å²) in [4.78, 5) is 0. The Morgan fingerprint density at radius 2 is 1.27 bits per heavy atom. The van der Waals surface area contributed by atoms with E-state index in [-0.39, 0.29) is 0 Å². The van der Waals surface area contributed by atoms with Gasteiger partial charge < -0.3 is 4.74 Å². The van der Waals surface area contributed by atoms with Crippen LogP contribution in [0.5, 0.6) is 0 Å². The van der Waals surface area contributed by atoms with Gasteiger partial charge in [-0.2, -0.15) is 0 Å². The van der Waals surface area contributed by atoms with Crippen molar-refractivity contribution in [3.05, 3.63) is 0 Å². The minimum atomic E-state index is -4.48. The zero-order valence-corrected chi connectivity index (χ0v) is 10.7. The third-order valence-corrected chi connectivity index (χ3v) is 0.827. The number of nitrogens with one attached hydrogen (secondary N) is 1. The van der Waals surface area contributed by atoms with Crippen molar-refractivity contribution < 1.29 is 15.2 Å². The van der Waals surface area contributed by atoms with Crippen LogP contribution in [0.1, 0.15) is 12.8 Å². The van der Waals surface area contributed by atoms with Gasteiger partial charge in [-0.3, -0.25) is 0 Å². The summed E-state index contributed by atoms with van der Waals surface area (Å²) in [6, 6.07) is 0. The maximum absolute atomic E-state index is 6.55. The van der Waals surface area contributed by atoms with Crippen molar-refractivity contribution in [2.75, 3.05) is 13.2 Å². The number of rotatable bonds is 0. The van der Waals surface area contributed by atoms with Gasteiger partial charge in [-0.15, -0.1) is 0 Å². The van der Waals surface area contributed by atoms with Crippen LogP contribution in [0.4, 0.5) is 0 Å². The van der Waals surface area contributed by atoms with Gasteiger partial charge in [-0.05, 0) is 12.8 Å². The van der Waals surface area contributed by atoms with Gasteiger partial charge in [0.25, 0.3) is 0 Å². The van der Waals surface area contributed by atoms with Crippen molar-refractivity contribution in [1.29, 1.82) is 3.91 Å². The second kappa shape index (κ2) is 4.74. The Balaban J connectivity index is 0.000000183. The Hall–Kier alpha value is 1.61. The first kappa shape index (κ1) is 12.6. The normalized spacial score (nSPS) is 21.3. The second-order valence-corrected chi connectivity index (χ2v) is 25.4. The SMILES string of the molecule is C1CCOC1.[NH]=[Mo]([Cl])([Cl])([Cl])[Cl]. The molecule has 0 amide bonds. The maximum atomic E-state index is 6.55. The molecule has 0 unspecified atom stereocenters. The fraction of sp³-hybridized carbons (Fsp3) is 1.00. The third-order valence-electron chi connectivity index (χ3n) is 0.827. The first-order valence-corrected chi connectivity index (χ1v) is 14.2. The van der Waals surface area contributed by atoms with Gasteiger partial charge in [0.2, 0.25) is 0 Å². The third kappa shape index (κ3) is 24.5. The van der Waals surface area contributed by atoms with E-state index in [0.717, 1.165) is 13.2 Å². The van der Waals surface area contributed by atoms with E-state index in [1.165, 1.54) is 12.8 Å². The van der Waals surface area contributed by atoms with Crippen LogP contribution in [-0.4, -0.2) is 13.2 Å². The van der Waals surface area contributed by atoms with Gasteiger partial charge in [0.15, 0.2) is 0 Å². The molecule has 0 bridgehead atoms. The summed E-state index contributed by atoms with van der Waals surface area (Å²) in [6.45, 7) is 2.00. The van der Waals surface area contributed by atoms with E-state index in [1.807, 2.05) is 0 Å². The molecule has 1 aliphatic heterocycles. The molecule has 0 saturated carbocycles. The van der Waals surface area contributed by atoms with Gasteiger partial charge in [0.05, 0.1) is 0 Å². The average Bonchev–Trinajstić information content (AvgIpc) is 2.03. The molecule has 0 aliphatic carbocycles. The van der Waals surface area contributed by atoms with Gasteiger partial charge >= 0.3 is 52.0 Å². The summed E-state index contributed by atoms with van der Waals surface area (Å²) in [5.74, 6) is 0. The summed E-state index contributed by atoms with van der Waals surface area (Å²) >= 11 is 0. The molecule has 11 heavy (non-hydrogen) atoms. The van der Waals surface area contributed by atoms with Crippen LogP contribution in [0, 0.1) is 3.91 Å². The summed E-state index contributed by atoms with van der Waals surface area (Å²) in [6.07, 6.45) is 2.56. The van der Waals surface area contributed by atoms with E-state index in [2.05, 4.69) is 0 Å². The monoisotopic (exact) mass is 325 g/mol. The molecule has 0 aromatic heterocycles. The Kier molecular flexibility index (Phi) is 5.43. The van der Waals surface area contributed by atoms with Crippen molar-refractivity contribution in [3.8, 4) is 0 Å². The first-order chi connectivity index (χ1) is 4.74. The molecule has 1 heterocycles. The topological polar surface area (TPSA) is 33.1 Å². The summed E-state index contributed by atoms with van der Waals surface area (Å²) in [5.41, 5.74) is 0. The standard InChI is InChI=1S/C4H8O.4ClH.Mo.HN/c1-2-4-5-3-1;;;;;;/h1-4H2;4*1H;;1H/q;;;;;+4;/p-4. The van der Waals surface area contributed by atoms with Gasteiger partial charge in [0.1, 0.15) is 0 Å². The molecule has 0 spiro atoms. The predicted molar refractivity (Wildman–Crippen MR) is 46.2 cm³/mol. The van der Waals surface area contributed by atoms with Crippen LogP contribution in [0.3, 0.4) is 0 Å². The number of halogens is 4. The predicted octanol–water partition coefficient (Wildman–Crippen LogP) is 3.85. The summed E-state index contributed by atoms with van der Waals surface area (Å²) in [7, 11) is 15.3. The van der Waals surface area contributed by atoms with Crippen LogP contribution < -0.4 is 0 Å². The van der Waals surface area contributed by atoms with Crippen molar-refractivity contribution in [3.63, 3.8) is 0 Å². The Morgan fingerprint density at radius 1 is 1.00 bits per heavy atom. The summed E-state index contributed by atoms with van der Waals surface area (Å²) < 4.78 is 11.5. The van der Waals surface area contributed by atoms with Crippen LogP contribution >= 0.6 is 37.7 Å². The summed E-state index contributed by atoms with van der Waals surface area (Å²) in [5, 5.41) is 0. The molecule has 0 radical (unpaired) electrons.